The largest absolute Gasteiger partial charge is 0.340 e. The summed E-state index contributed by atoms with van der Waals surface area (Å²) >= 11 is 6.08. The maximum Gasteiger partial charge on any atom is 0.246 e. The number of aromatic amines is 1. The second-order valence-electron chi connectivity index (χ2n) is 6.65. The normalized spacial score (nSPS) is 11.1. The lowest BCUT2D eigenvalue weighted by molar-refractivity contribution is 0.802. The molecule has 1 N–H and O–H groups in total. The number of nitrogens with zero attached hydrogens (tertiary/aromatic N) is 5. The van der Waals surface area contributed by atoms with Crippen LogP contribution in [0.2, 0.25) is 5.02 Å². The molecule has 0 aliphatic rings. The summed E-state index contributed by atoms with van der Waals surface area (Å²) in [7, 11) is 1.92. The average Bonchev–Trinajstić information content (AvgIpc) is 3.03. The molecule has 0 unspecified atom stereocenters. The number of aryl methyl sites for hydroxylation is 2. The Morgan fingerprint density at radius 2 is 1.89 bits per heavy atom. The minimum Gasteiger partial charge on any atom is -0.340 e. The van der Waals surface area contributed by atoms with Crippen LogP contribution in [-0.4, -0.2) is 32.2 Å². The molecule has 0 radical (unpaired) electrons. The molecule has 2 heterocycles. The zero-order valence-electron chi connectivity index (χ0n) is 15.4. The summed E-state index contributed by atoms with van der Waals surface area (Å²) in [5, 5.41) is 8.91. The first-order chi connectivity index (χ1) is 13.0. The highest BCUT2D eigenvalue weighted by Gasteiger charge is 2.12. The SMILES string of the molecule is Cc1cc2nc(CN(C)c3nncc(-c4cccc(Cl)c4)n3)[nH]c2cc1C. The van der Waals surface area contributed by atoms with Crippen LogP contribution in [0.1, 0.15) is 17.0 Å². The summed E-state index contributed by atoms with van der Waals surface area (Å²) in [6, 6.07) is 11.8. The van der Waals surface area contributed by atoms with Gasteiger partial charge in [0.05, 0.1) is 29.5 Å². The lowest BCUT2D eigenvalue weighted by Gasteiger charge is -2.15. The predicted octanol–water partition coefficient (Wildman–Crippen LogP) is 4.32. The zero-order valence-corrected chi connectivity index (χ0v) is 16.1. The molecule has 0 aliphatic carbocycles. The summed E-state index contributed by atoms with van der Waals surface area (Å²) < 4.78 is 0. The van der Waals surface area contributed by atoms with E-state index >= 15 is 0 Å². The fourth-order valence-electron chi connectivity index (χ4n) is 2.94. The molecule has 2 aromatic carbocycles. The van der Waals surface area contributed by atoms with Crippen LogP contribution in [0, 0.1) is 13.8 Å². The van der Waals surface area contributed by atoms with Gasteiger partial charge in [-0.3, -0.25) is 0 Å². The maximum atomic E-state index is 6.08. The zero-order chi connectivity index (χ0) is 19.0. The fraction of sp³-hybridized carbons (Fsp3) is 0.200. The molecular formula is C20H19ClN6. The van der Waals surface area contributed by atoms with Gasteiger partial charge in [-0.15, -0.1) is 5.10 Å². The first-order valence-corrected chi connectivity index (χ1v) is 9.00. The maximum absolute atomic E-state index is 6.08. The third-order valence-electron chi connectivity index (χ3n) is 4.54. The monoisotopic (exact) mass is 378 g/mol. The van der Waals surface area contributed by atoms with Crippen molar-refractivity contribution in [3.05, 3.63) is 64.6 Å². The Kier molecular flexibility index (Phi) is 4.49. The molecule has 0 fully saturated rings. The molecule has 4 rings (SSSR count). The number of fused-ring (bicyclic) bond motifs is 1. The Hall–Kier alpha value is -2.99. The third-order valence-corrected chi connectivity index (χ3v) is 4.78. The van der Waals surface area contributed by atoms with Crippen LogP contribution < -0.4 is 4.90 Å². The van der Waals surface area contributed by atoms with E-state index in [-0.39, 0.29) is 0 Å². The molecule has 4 aromatic rings. The van der Waals surface area contributed by atoms with Crippen LogP contribution in [-0.2, 0) is 6.54 Å². The van der Waals surface area contributed by atoms with E-state index in [1.807, 2.05) is 36.2 Å². The lowest BCUT2D eigenvalue weighted by atomic mass is 10.1. The molecule has 0 saturated heterocycles. The minimum atomic E-state index is 0.528. The van der Waals surface area contributed by atoms with Gasteiger partial charge in [-0.2, -0.15) is 5.10 Å². The van der Waals surface area contributed by atoms with Gasteiger partial charge in [0, 0.05) is 17.6 Å². The average molecular weight is 379 g/mol. The molecule has 0 aliphatic heterocycles. The number of rotatable bonds is 4. The second-order valence-corrected chi connectivity index (χ2v) is 7.08. The summed E-state index contributed by atoms with van der Waals surface area (Å²) in [5.74, 6) is 1.38. The van der Waals surface area contributed by atoms with Gasteiger partial charge in [-0.25, -0.2) is 9.97 Å². The highest BCUT2D eigenvalue weighted by Crippen LogP contribution is 2.22. The van der Waals surface area contributed by atoms with E-state index in [0.717, 1.165) is 28.1 Å². The van der Waals surface area contributed by atoms with Crippen molar-refractivity contribution in [2.75, 3.05) is 11.9 Å². The molecule has 0 saturated carbocycles. The van der Waals surface area contributed by atoms with Crippen molar-refractivity contribution in [3.63, 3.8) is 0 Å². The van der Waals surface area contributed by atoms with Gasteiger partial charge in [0.1, 0.15) is 5.82 Å². The van der Waals surface area contributed by atoms with Crippen LogP contribution >= 0.6 is 11.6 Å². The topological polar surface area (TPSA) is 70.6 Å². The minimum absolute atomic E-state index is 0.528. The van der Waals surface area contributed by atoms with Gasteiger partial charge in [0.25, 0.3) is 0 Å². The van der Waals surface area contributed by atoms with Gasteiger partial charge >= 0.3 is 0 Å². The Morgan fingerprint density at radius 1 is 1.07 bits per heavy atom. The number of hydrogen-bond donors (Lipinski definition) is 1. The molecule has 0 spiro atoms. The number of hydrogen-bond acceptors (Lipinski definition) is 5. The molecule has 136 valence electrons. The van der Waals surface area contributed by atoms with Crippen LogP contribution in [0.5, 0.6) is 0 Å². The lowest BCUT2D eigenvalue weighted by Crippen LogP contribution is -2.20. The van der Waals surface area contributed by atoms with Crippen molar-refractivity contribution in [1.29, 1.82) is 0 Å². The van der Waals surface area contributed by atoms with Crippen molar-refractivity contribution < 1.29 is 0 Å². The van der Waals surface area contributed by atoms with Crippen molar-refractivity contribution in [1.82, 2.24) is 25.1 Å². The number of aromatic nitrogens is 5. The highest BCUT2D eigenvalue weighted by molar-refractivity contribution is 6.30. The van der Waals surface area contributed by atoms with E-state index in [0.29, 0.717) is 17.5 Å². The van der Waals surface area contributed by atoms with Gasteiger partial charge in [0.2, 0.25) is 5.95 Å². The van der Waals surface area contributed by atoms with E-state index in [1.54, 1.807) is 6.20 Å². The number of benzene rings is 2. The van der Waals surface area contributed by atoms with Crippen molar-refractivity contribution in [3.8, 4) is 11.3 Å². The second kappa shape index (κ2) is 6.96. The molecule has 7 heteroatoms. The first-order valence-electron chi connectivity index (χ1n) is 8.62. The number of imidazole rings is 1. The quantitative estimate of drug-likeness (QED) is 0.572. The van der Waals surface area contributed by atoms with E-state index in [9.17, 15) is 0 Å². The van der Waals surface area contributed by atoms with E-state index in [1.165, 1.54) is 11.1 Å². The Bertz CT molecular complexity index is 1080. The predicted molar refractivity (Wildman–Crippen MR) is 108 cm³/mol. The first kappa shape index (κ1) is 17.4. The highest BCUT2D eigenvalue weighted by atomic mass is 35.5. The number of nitrogens with one attached hydrogen (secondary N) is 1. The molecule has 0 atom stereocenters. The Morgan fingerprint density at radius 3 is 2.70 bits per heavy atom. The van der Waals surface area contributed by atoms with Crippen LogP contribution in [0.25, 0.3) is 22.3 Å². The number of anilines is 1. The van der Waals surface area contributed by atoms with E-state index in [2.05, 4.69) is 51.1 Å². The van der Waals surface area contributed by atoms with Crippen LogP contribution in [0.3, 0.4) is 0 Å². The summed E-state index contributed by atoms with van der Waals surface area (Å²) in [4.78, 5) is 14.6. The summed E-state index contributed by atoms with van der Waals surface area (Å²) in [6.45, 7) is 4.74. The van der Waals surface area contributed by atoms with Gasteiger partial charge in [0.15, 0.2) is 0 Å². The third kappa shape index (κ3) is 3.61. The summed E-state index contributed by atoms with van der Waals surface area (Å²) in [6.07, 6.45) is 1.63. The Labute approximate surface area is 162 Å². The fourth-order valence-corrected chi connectivity index (χ4v) is 3.13. The van der Waals surface area contributed by atoms with E-state index < -0.39 is 0 Å². The van der Waals surface area contributed by atoms with Crippen LogP contribution in [0.15, 0.2) is 42.6 Å². The van der Waals surface area contributed by atoms with Crippen molar-refractivity contribution in [2.24, 2.45) is 0 Å². The smallest absolute Gasteiger partial charge is 0.246 e. The Balaban J connectivity index is 1.60. The molecule has 0 bridgehead atoms. The number of H-pyrrole nitrogens is 1. The van der Waals surface area contributed by atoms with E-state index in [4.69, 9.17) is 11.6 Å². The molecular weight excluding hydrogens is 360 g/mol. The number of halogens is 1. The van der Waals surface area contributed by atoms with Crippen LogP contribution in [0.4, 0.5) is 5.95 Å². The van der Waals surface area contributed by atoms with Gasteiger partial charge in [-0.05, 0) is 49.2 Å². The molecule has 6 nitrogen and oxygen atoms in total. The molecule has 0 amide bonds. The van der Waals surface area contributed by atoms with Crippen molar-refractivity contribution >= 4 is 28.6 Å². The van der Waals surface area contributed by atoms with Gasteiger partial charge < -0.3 is 9.88 Å². The molecule has 2 aromatic heterocycles. The summed E-state index contributed by atoms with van der Waals surface area (Å²) in [5.41, 5.74) is 6.11. The van der Waals surface area contributed by atoms with Gasteiger partial charge in [-0.1, -0.05) is 23.7 Å². The molecule has 27 heavy (non-hydrogen) atoms. The van der Waals surface area contributed by atoms with Crippen molar-refractivity contribution in [2.45, 2.75) is 20.4 Å². The standard InChI is InChI=1S/C20H19ClN6/c1-12-7-16-17(8-13(12)2)24-19(23-16)11-27(3)20-25-18(10-22-26-20)14-5-4-6-15(21)9-14/h4-10H,11H2,1-3H3,(H,23,24).